The highest BCUT2D eigenvalue weighted by molar-refractivity contribution is 5.42. The van der Waals surface area contributed by atoms with Gasteiger partial charge in [-0.2, -0.15) is 0 Å². The molecule has 1 aliphatic carbocycles. The lowest BCUT2D eigenvalue weighted by Crippen LogP contribution is -2.33. The first-order valence-corrected chi connectivity index (χ1v) is 6.97. The Hall–Kier alpha value is -1.02. The molecule has 0 unspecified atom stereocenters. The molecule has 1 fully saturated rings. The van der Waals surface area contributed by atoms with Crippen molar-refractivity contribution in [3.63, 3.8) is 0 Å². The Kier molecular flexibility index (Phi) is 3.96. The van der Waals surface area contributed by atoms with Gasteiger partial charge in [-0.25, -0.2) is 0 Å². The van der Waals surface area contributed by atoms with E-state index < -0.39 is 0 Å². The van der Waals surface area contributed by atoms with E-state index in [0.717, 1.165) is 18.9 Å². The maximum atomic E-state index is 6.12. The molecule has 2 nitrogen and oxygen atoms in total. The van der Waals surface area contributed by atoms with Crippen molar-refractivity contribution < 1.29 is 4.74 Å². The average molecular weight is 247 g/mol. The number of nitrogens with two attached hydrogens (primary N) is 1. The molecule has 1 saturated carbocycles. The van der Waals surface area contributed by atoms with Gasteiger partial charge in [0.2, 0.25) is 0 Å². The number of benzene rings is 1. The van der Waals surface area contributed by atoms with Crippen molar-refractivity contribution in [1.82, 2.24) is 0 Å². The zero-order valence-electron chi connectivity index (χ0n) is 11.9. The van der Waals surface area contributed by atoms with Crippen LogP contribution < -0.4 is 10.5 Å². The lowest BCUT2D eigenvalue weighted by atomic mass is 9.87. The molecular weight excluding hydrogens is 222 g/mol. The first-order chi connectivity index (χ1) is 8.56. The second-order valence-corrected chi connectivity index (χ2v) is 5.93. The highest BCUT2D eigenvalue weighted by atomic mass is 16.5. The lowest BCUT2D eigenvalue weighted by molar-refractivity contribution is 0.155. The monoisotopic (exact) mass is 247 g/mol. The van der Waals surface area contributed by atoms with Crippen LogP contribution in [0.15, 0.2) is 12.1 Å². The van der Waals surface area contributed by atoms with E-state index in [2.05, 4.69) is 32.9 Å². The molecule has 0 radical (unpaired) electrons. The van der Waals surface area contributed by atoms with E-state index in [4.69, 9.17) is 10.5 Å². The number of rotatable bonds is 4. The van der Waals surface area contributed by atoms with Gasteiger partial charge in [-0.1, -0.05) is 30.5 Å². The molecule has 0 aliphatic heterocycles. The highest BCUT2D eigenvalue weighted by Crippen LogP contribution is 2.38. The summed E-state index contributed by atoms with van der Waals surface area (Å²) in [5.74, 6) is 1.06. The first kappa shape index (κ1) is 13.4. The number of ether oxygens (including phenoxy) is 1. The topological polar surface area (TPSA) is 35.2 Å². The quantitative estimate of drug-likeness (QED) is 0.883. The zero-order valence-corrected chi connectivity index (χ0v) is 11.9. The van der Waals surface area contributed by atoms with Crippen LogP contribution >= 0.6 is 0 Å². The minimum Gasteiger partial charge on any atom is -0.492 e. The van der Waals surface area contributed by atoms with Gasteiger partial charge < -0.3 is 10.5 Å². The minimum atomic E-state index is 0.226. The molecule has 0 bridgehead atoms. The van der Waals surface area contributed by atoms with E-state index in [-0.39, 0.29) is 5.41 Å². The summed E-state index contributed by atoms with van der Waals surface area (Å²) in [6, 6.07) is 4.37. The maximum Gasteiger partial charge on any atom is 0.125 e. The van der Waals surface area contributed by atoms with E-state index in [9.17, 15) is 0 Å². The molecule has 1 aromatic carbocycles. The molecule has 18 heavy (non-hydrogen) atoms. The van der Waals surface area contributed by atoms with Crippen molar-refractivity contribution in [3.8, 4) is 5.75 Å². The molecule has 2 N–H and O–H groups in total. The largest absolute Gasteiger partial charge is 0.492 e. The van der Waals surface area contributed by atoms with Gasteiger partial charge in [-0.3, -0.25) is 0 Å². The van der Waals surface area contributed by atoms with E-state index in [1.54, 1.807) is 0 Å². The molecule has 2 rings (SSSR count). The van der Waals surface area contributed by atoms with Gasteiger partial charge in [-0.05, 0) is 44.7 Å². The standard InChI is InChI=1S/C16H25NO/c1-12-8-13(2)15(14(3)9-12)18-11-16(10-17)6-4-5-7-16/h8-9H,4-7,10-11,17H2,1-3H3. The van der Waals surface area contributed by atoms with Crippen molar-refractivity contribution in [3.05, 3.63) is 28.8 Å². The average Bonchev–Trinajstić information content (AvgIpc) is 2.77. The Balaban J connectivity index is 2.10. The summed E-state index contributed by atoms with van der Waals surface area (Å²) in [5.41, 5.74) is 9.94. The molecule has 2 heteroatoms. The summed E-state index contributed by atoms with van der Waals surface area (Å²) in [5, 5.41) is 0. The Bertz CT molecular complexity index is 396. The minimum absolute atomic E-state index is 0.226. The zero-order chi connectivity index (χ0) is 13.2. The molecule has 1 aliphatic rings. The Morgan fingerprint density at radius 1 is 1.11 bits per heavy atom. The van der Waals surface area contributed by atoms with Crippen molar-refractivity contribution in [2.75, 3.05) is 13.2 Å². The number of aryl methyl sites for hydroxylation is 3. The van der Waals surface area contributed by atoms with E-state index in [1.807, 2.05) is 0 Å². The van der Waals surface area contributed by atoms with Crippen LogP contribution in [0, 0.1) is 26.2 Å². The Morgan fingerprint density at radius 3 is 2.17 bits per heavy atom. The number of hydrogen-bond acceptors (Lipinski definition) is 2. The van der Waals surface area contributed by atoms with Crippen LogP contribution in [0.5, 0.6) is 5.75 Å². The van der Waals surface area contributed by atoms with Gasteiger partial charge in [0.25, 0.3) is 0 Å². The molecule has 0 saturated heterocycles. The normalized spacial score (nSPS) is 18.0. The Labute approximate surface area is 111 Å². The summed E-state index contributed by atoms with van der Waals surface area (Å²) >= 11 is 0. The van der Waals surface area contributed by atoms with Crippen molar-refractivity contribution >= 4 is 0 Å². The predicted molar refractivity (Wildman–Crippen MR) is 76.1 cm³/mol. The van der Waals surface area contributed by atoms with Crippen LogP contribution in [-0.2, 0) is 0 Å². The van der Waals surface area contributed by atoms with Crippen LogP contribution in [0.3, 0.4) is 0 Å². The number of hydrogen-bond donors (Lipinski definition) is 1. The van der Waals surface area contributed by atoms with Crippen molar-refractivity contribution in [2.45, 2.75) is 46.5 Å². The maximum absolute atomic E-state index is 6.12. The molecule has 0 amide bonds. The third-order valence-electron chi connectivity index (χ3n) is 4.22. The molecule has 1 aromatic rings. The molecule has 0 heterocycles. The van der Waals surface area contributed by atoms with Gasteiger partial charge >= 0.3 is 0 Å². The fourth-order valence-electron chi connectivity index (χ4n) is 3.15. The predicted octanol–water partition coefficient (Wildman–Crippen LogP) is 3.51. The summed E-state index contributed by atoms with van der Waals surface area (Å²) in [6.45, 7) is 7.89. The van der Waals surface area contributed by atoms with Gasteiger partial charge in [0.05, 0.1) is 6.61 Å². The molecule has 0 spiro atoms. The van der Waals surface area contributed by atoms with E-state index in [0.29, 0.717) is 0 Å². The second-order valence-electron chi connectivity index (χ2n) is 5.93. The summed E-state index contributed by atoms with van der Waals surface area (Å²) < 4.78 is 6.12. The van der Waals surface area contributed by atoms with Crippen LogP contribution in [-0.4, -0.2) is 13.2 Å². The summed E-state index contributed by atoms with van der Waals surface area (Å²) in [4.78, 5) is 0. The first-order valence-electron chi connectivity index (χ1n) is 6.97. The fourth-order valence-corrected chi connectivity index (χ4v) is 3.15. The molecule has 100 valence electrons. The molecule has 0 atom stereocenters. The highest BCUT2D eigenvalue weighted by Gasteiger charge is 2.33. The van der Waals surface area contributed by atoms with Crippen molar-refractivity contribution in [2.24, 2.45) is 11.1 Å². The lowest BCUT2D eigenvalue weighted by Gasteiger charge is -2.28. The Morgan fingerprint density at radius 2 is 1.67 bits per heavy atom. The molecule has 0 aromatic heterocycles. The van der Waals surface area contributed by atoms with Crippen molar-refractivity contribution in [1.29, 1.82) is 0 Å². The van der Waals surface area contributed by atoms with Crippen LogP contribution in [0.4, 0.5) is 0 Å². The van der Waals surface area contributed by atoms with Gasteiger partial charge in [0, 0.05) is 12.0 Å². The van der Waals surface area contributed by atoms with E-state index >= 15 is 0 Å². The summed E-state index contributed by atoms with van der Waals surface area (Å²) in [7, 11) is 0. The van der Waals surface area contributed by atoms with Crippen LogP contribution in [0.25, 0.3) is 0 Å². The van der Waals surface area contributed by atoms with Crippen LogP contribution in [0.2, 0.25) is 0 Å². The fraction of sp³-hybridized carbons (Fsp3) is 0.625. The van der Waals surface area contributed by atoms with Gasteiger partial charge in [0.15, 0.2) is 0 Å². The van der Waals surface area contributed by atoms with E-state index in [1.165, 1.54) is 42.4 Å². The smallest absolute Gasteiger partial charge is 0.125 e. The second kappa shape index (κ2) is 5.31. The third kappa shape index (κ3) is 2.69. The summed E-state index contributed by atoms with van der Waals surface area (Å²) in [6.07, 6.45) is 5.03. The third-order valence-corrected chi connectivity index (χ3v) is 4.22. The SMILES string of the molecule is Cc1cc(C)c(OCC2(CN)CCCC2)c(C)c1. The van der Waals surface area contributed by atoms with Crippen LogP contribution in [0.1, 0.15) is 42.4 Å². The molecular formula is C16H25NO. The van der Waals surface area contributed by atoms with Gasteiger partial charge in [0.1, 0.15) is 5.75 Å². The van der Waals surface area contributed by atoms with Gasteiger partial charge in [-0.15, -0.1) is 0 Å².